The zero-order valence-corrected chi connectivity index (χ0v) is 54.4. The number of nitrogens with zero attached hydrogens (tertiary/aromatic N) is 4. The minimum atomic E-state index is -1.10. The first kappa shape index (κ1) is 76.6. The van der Waals surface area contributed by atoms with Crippen LogP contribution >= 0.6 is 50.5 Å². The van der Waals surface area contributed by atoms with E-state index in [2.05, 4.69) is 56.3 Å². The predicted molar refractivity (Wildman–Crippen MR) is 351 cm³/mol. The van der Waals surface area contributed by atoms with Gasteiger partial charge in [-0.3, -0.25) is 24.8 Å². The molecular weight excluding hydrogens is 1280 g/mol. The van der Waals surface area contributed by atoms with Crippen molar-refractivity contribution in [1.82, 2.24) is 30.2 Å². The summed E-state index contributed by atoms with van der Waals surface area (Å²) in [7, 11) is 0. The van der Waals surface area contributed by atoms with E-state index in [4.69, 9.17) is 48.8 Å². The molecule has 468 valence electrons. The van der Waals surface area contributed by atoms with E-state index < -0.39 is 61.9 Å². The number of carboxylic acids is 1. The Balaban J connectivity index is 0.000000645. The number of hydrogen-bond donors (Lipinski definition) is 7. The molecule has 3 atom stereocenters. The maximum Gasteiger partial charge on any atom is 1.00 e. The van der Waals surface area contributed by atoms with Gasteiger partial charge in [0.25, 0.3) is 0 Å². The van der Waals surface area contributed by atoms with E-state index in [0.29, 0.717) is 81.0 Å². The summed E-state index contributed by atoms with van der Waals surface area (Å²) < 4.78 is 22.3. The van der Waals surface area contributed by atoms with Crippen molar-refractivity contribution < 1.29 is 78.5 Å². The topological polar surface area (TPSA) is 320 Å². The van der Waals surface area contributed by atoms with Crippen molar-refractivity contribution >= 4 is 86.0 Å². The zero-order chi connectivity index (χ0) is 61.6. The Labute approximate surface area is 544 Å². The van der Waals surface area contributed by atoms with Gasteiger partial charge in [-0.1, -0.05) is 54.3 Å². The van der Waals surface area contributed by atoms with Gasteiger partial charge in [-0.2, -0.15) is 10.2 Å². The first-order chi connectivity index (χ1) is 39.8. The minimum absolute atomic E-state index is 0. The van der Waals surface area contributed by atoms with Crippen LogP contribution in [0.25, 0.3) is 22.5 Å². The average Bonchev–Trinajstić information content (AvgIpc) is 3.78. The first-order valence-corrected chi connectivity index (χ1v) is 33.9. The summed E-state index contributed by atoms with van der Waals surface area (Å²) >= 11 is 11.0. The number of H-pyrrole nitrogens is 2. The summed E-state index contributed by atoms with van der Waals surface area (Å²) in [6.07, 6.45) is 9.23. The number of alkyl halides is 1. The van der Waals surface area contributed by atoms with E-state index in [-0.39, 0.29) is 54.6 Å². The third-order valence-electron chi connectivity index (χ3n) is 12.2. The first-order valence-electron chi connectivity index (χ1n) is 27.2. The fraction of sp³-hybridized carbons (Fsp3) is 0.387. The summed E-state index contributed by atoms with van der Waals surface area (Å²) in [4.78, 5) is 53.2. The van der Waals surface area contributed by atoms with Crippen LogP contribution in [0, 0.1) is 23.7 Å². The van der Waals surface area contributed by atoms with E-state index in [1.165, 1.54) is 34.8 Å². The van der Waals surface area contributed by atoms with Gasteiger partial charge in [0.2, 0.25) is 5.91 Å². The number of aromatic amines is 2. The van der Waals surface area contributed by atoms with Gasteiger partial charge >= 0.3 is 69.9 Å². The molecule has 3 aliphatic rings. The number of aromatic hydroxyl groups is 2. The third-order valence-corrected chi connectivity index (χ3v) is 12.6. The maximum atomic E-state index is 13.0. The second-order valence-electron chi connectivity index (χ2n) is 21.1. The molecule has 9 rings (SSSR count). The molecule has 25 heteroatoms. The molecule has 0 bridgehead atoms. The zero-order valence-electron chi connectivity index (χ0n) is 50.6. The molecule has 3 amide bonds. The second-order valence-corrected chi connectivity index (χ2v) is 26.1. The Morgan fingerprint density at radius 3 is 1.51 bits per heavy atom. The van der Waals surface area contributed by atoms with Crippen LogP contribution in [0.2, 0.25) is 10.0 Å². The summed E-state index contributed by atoms with van der Waals surface area (Å²) in [5, 5.41) is 46.8. The Bertz CT molecular complexity index is 3270. The maximum absolute atomic E-state index is 13.0. The SMILES string of the molecule is C.C1CCOC1.CC(C)(C)OC(=O)N1CCCC[C@H]1C(=O)Nc1ccc(C#Cc2cn[nH]c2-c2cc(Cl)ccc2O)cc1.CC(C)(C)OC(=O)N1CCCC[C@H]1C(=O)O.Nc1ccc(C#Cc2cn[nH]c2-c2cc(Cl)ccc2O)cc1.O.[2H]I(C)P.[Li+].[OH-]. The number of carbonyl (C=O) groups is 4. The van der Waals surface area contributed by atoms with E-state index in [1.807, 2.05) is 37.8 Å². The number of hydrogen-bond acceptors (Lipinski definition) is 13. The van der Waals surface area contributed by atoms with Crippen molar-refractivity contribution in [3.63, 3.8) is 0 Å². The monoisotopic (exact) mass is 1370 g/mol. The second kappa shape index (κ2) is 38.7. The minimum Gasteiger partial charge on any atom is -0.870 e. The number of nitrogens with one attached hydrogen (secondary N) is 3. The molecule has 87 heavy (non-hydrogen) atoms. The van der Waals surface area contributed by atoms with Gasteiger partial charge in [-0.15, -0.1) is 0 Å². The summed E-state index contributed by atoms with van der Waals surface area (Å²) in [5.74, 6) is 11.2. The van der Waals surface area contributed by atoms with E-state index in [1.54, 1.807) is 93.8 Å². The van der Waals surface area contributed by atoms with Gasteiger partial charge in [0.15, 0.2) is 0 Å². The number of rotatable bonds is 5. The molecule has 4 aromatic carbocycles. The van der Waals surface area contributed by atoms with Crippen molar-refractivity contribution in [1.29, 1.82) is 0.594 Å². The number of halogens is 3. The fourth-order valence-corrected chi connectivity index (χ4v) is 8.62. The Hall–Kier alpha value is -6.48. The Morgan fingerprint density at radius 2 is 1.11 bits per heavy atom. The van der Waals surface area contributed by atoms with Crippen molar-refractivity contribution in [3.8, 4) is 57.7 Å². The van der Waals surface area contributed by atoms with E-state index >= 15 is 0 Å². The summed E-state index contributed by atoms with van der Waals surface area (Å²) in [6.45, 7) is 16.2. The van der Waals surface area contributed by atoms with Crippen LogP contribution in [0.5, 0.6) is 11.5 Å². The summed E-state index contributed by atoms with van der Waals surface area (Å²) in [5.41, 5.74) is 10.9. The van der Waals surface area contributed by atoms with Gasteiger partial charge in [0.05, 0.1) is 34.9 Å². The molecule has 3 aliphatic heterocycles. The molecule has 1 unspecified atom stereocenters. The number of aliphatic carboxylic acids is 1. The van der Waals surface area contributed by atoms with E-state index in [9.17, 15) is 29.4 Å². The van der Waals surface area contributed by atoms with Gasteiger partial charge in [-0.25, -0.2) is 14.4 Å². The number of anilines is 2. The van der Waals surface area contributed by atoms with Gasteiger partial charge in [-0.05, 0) is 178 Å². The Morgan fingerprint density at radius 1 is 0.713 bits per heavy atom. The molecule has 0 aliphatic carbocycles. The number of piperidine rings is 2. The Kier molecular flexibility index (Phi) is 34.1. The van der Waals surface area contributed by atoms with Gasteiger partial charge in [0, 0.05) is 70.0 Å². The van der Waals surface area contributed by atoms with Crippen LogP contribution in [0.1, 0.15) is 123 Å². The quantitative estimate of drug-likeness (QED) is 0.0211. The molecule has 0 saturated carbocycles. The number of benzene rings is 4. The number of nitrogens with two attached hydrogens (primary N) is 1. The molecule has 0 radical (unpaired) electrons. The molecular formula is C62H81Cl2ILiN8O12P. The van der Waals surface area contributed by atoms with Crippen LogP contribution < -0.4 is 29.9 Å². The summed E-state index contributed by atoms with van der Waals surface area (Å²) in [6, 6.07) is 22.7. The van der Waals surface area contributed by atoms with Gasteiger partial charge in [0.1, 0.15) is 34.8 Å². The number of nitrogen functional groups attached to an aromatic ring is 1. The molecule has 5 heterocycles. The van der Waals surface area contributed by atoms with Crippen LogP contribution in [-0.4, -0.2) is 136 Å². The van der Waals surface area contributed by atoms with Crippen molar-refractivity contribution in [2.45, 2.75) is 124 Å². The molecule has 3 fully saturated rings. The predicted octanol–water partition coefficient (Wildman–Crippen LogP) is 9.39. The van der Waals surface area contributed by atoms with E-state index in [0.717, 1.165) is 50.0 Å². The van der Waals surface area contributed by atoms with Crippen LogP contribution in [0.15, 0.2) is 97.3 Å². The number of ether oxygens (including phenoxy) is 3. The van der Waals surface area contributed by atoms with Crippen LogP contribution in [0.4, 0.5) is 21.0 Å². The average molecular weight is 1370 g/mol. The molecule has 20 nitrogen and oxygen atoms in total. The number of phenolic OH excluding ortho intramolecular Hbond substituents is 2. The largest absolute Gasteiger partial charge is 1.00 e. The molecule has 6 aromatic rings. The normalized spacial score (nSPS) is 15.0. The third kappa shape index (κ3) is 26.4. The van der Waals surface area contributed by atoms with Crippen molar-refractivity contribution in [2.24, 2.45) is 0 Å². The smallest absolute Gasteiger partial charge is 0.870 e. The van der Waals surface area contributed by atoms with Crippen LogP contribution in [-0.2, 0) is 23.8 Å². The molecule has 11 N–H and O–H groups in total. The number of carbonyl (C=O) groups excluding carboxylic acids is 3. The molecule has 0 spiro atoms. The fourth-order valence-electron chi connectivity index (χ4n) is 8.28. The number of carboxylic acid groups (broad SMARTS) is 1. The molecule has 2 aromatic heterocycles. The van der Waals surface area contributed by atoms with Gasteiger partial charge < -0.3 is 51.5 Å². The molecule has 3 saturated heterocycles. The standard InChI is InChI=1S/C28H29ClN4O4.C17H12ClN3O.C11H19NO4.C4H8O.CH6IP.CH4.Li.2H2O/c1-28(2,3)37-27(36)33-15-5-4-6-23(33)26(35)31-21-12-8-18(9-13-21)7-10-19-17-30-32-25(19)22-16-20(29)11-14-24(22)34;18-13-5-8-16(22)15(9-13)17-12(10-20-21-17)4-1-11-2-6-14(19)7-3-11;1-11(2,3)16-10(15)12-7-5-4-6-8(12)9(13)14;1-2-4-5-3-1;1-2-3;;;;/h8-9,11-14,16-17,23,34H,4-6,15H2,1-3H3,(H,30,32)(H,31,35);2-3,5-10,22H,19H2,(H,20,21);8H,4-7H2,1-3H3,(H,13,14);1-4H2;2H,3H2,1H3;1H4;;2*1H2/q;;;;;;+1;;/p-1/t23-;;8-;;;;;;/m0.0....../s1/i;;;;2D;;;;. The van der Waals surface area contributed by atoms with Crippen molar-refractivity contribution in [2.75, 3.05) is 42.3 Å². The number of amides is 3. The number of likely N-dealkylation sites (tertiary alicyclic amines) is 2. The number of phenols is 2. The number of aromatic nitrogens is 4. The van der Waals surface area contributed by atoms with Crippen molar-refractivity contribution in [3.05, 3.63) is 130 Å². The van der Waals surface area contributed by atoms with Crippen LogP contribution in [0.3, 0.4) is 0 Å².